The second-order valence-electron chi connectivity index (χ2n) is 4.81. The lowest BCUT2D eigenvalue weighted by Crippen LogP contribution is -2.34. The van der Waals surface area contributed by atoms with Gasteiger partial charge in [-0.2, -0.15) is 0 Å². The minimum absolute atomic E-state index is 0.156. The third kappa shape index (κ3) is 3.32. The van der Waals surface area contributed by atoms with Gasteiger partial charge in [-0.15, -0.1) is 0 Å². The Hall–Kier alpha value is -1.42. The lowest BCUT2D eigenvalue weighted by molar-refractivity contribution is 0.114. The first-order valence-electron chi connectivity index (χ1n) is 6.70. The summed E-state index contributed by atoms with van der Waals surface area (Å²) in [5.41, 5.74) is 7.17. The number of ether oxygens (including phenoxy) is 1. The van der Waals surface area contributed by atoms with Crippen molar-refractivity contribution < 1.29 is 4.74 Å². The van der Waals surface area contributed by atoms with Crippen molar-refractivity contribution in [1.29, 1.82) is 0 Å². The number of benzene rings is 2. The molecule has 2 atom stereocenters. The summed E-state index contributed by atoms with van der Waals surface area (Å²) >= 11 is 0. The molecule has 3 heteroatoms. The topological polar surface area (TPSA) is 47.3 Å². The molecule has 0 saturated carbocycles. The molecule has 0 saturated heterocycles. The van der Waals surface area contributed by atoms with Crippen LogP contribution in [0.15, 0.2) is 42.5 Å². The van der Waals surface area contributed by atoms with Crippen LogP contribution in [0.25, 0.3) is 10.8 Å². The second-order valence-corrected chi connectivity index (χ2v) is 4.81. The first kappa shape index (κ1) is 14.0. The fourth-order valence-electron chi connectivity index (χ4n) is 2.27. The van der Waals surface area contributed by atoms with Gasteiger partial charge in [0, 0.05) is 26.2 Å². The SMILES string of the molecule is COC(C)CNC(CN)c1cccc2ccccc12. The Morgan fingerprint density at radius 2 is 1.89 bits per heavy atom. The Balaban J connectivity index is 2.25. The Kier molecular flexibility index (Phi) is 4.91. The molecule has 2 rings (SSSR count). The van der Waals surface area contributed by atoms with E-state index in [-0.39, 0.29) is 12.1 Å². The van der Waals surface area contributed by atoms with Crippen molar-refractivity contribution >= 4 is 10.8 Å². The Bertz CT molecular complexity index is 522. The van der Waals surface area contributed by atoms with Gasteiger partial charge in [0.15, 0.2) is 0 Å². The number of methoxy groups -OCH3 is 1. The molecule has 0 fully saturated rings. The van der Waals surface area contributed by atoms with Crippen LogP contribution in [0.1, 0.15) is 18.5 Å². The fraction of sp³-hybridized carbons (Fsp3) is 0.375. The zero-order valence-electron chi connectivity index (χ0n) is 11.6. The van der Waals surface area contributed by atoms with Gasteiger partial charge in [-0.25, -0.2) is 0 Å². The van der Waals surface area contributed by atoms with E-state index in [0.717, 1.165) is 6.54 Å². The van der Waals surface area contributed by atoms with Crippen molar-refractivity contribution in [2.45, 2.75) is 19.1 Å². The molecular weight excluding hydrogens is 236 g/mol. The molecule has 0 bridgehead atoms. The normalized spacial score (nSPS) is 14.5. The predicted octanol–water partition coefficient (Wildman–Crippen LogP) is 2.46. The van der Waals surface area contributed by atoms with E-state index in [1.54, 1.807) is 7.11 Å². The lowest BCUT2D eigenvalue weighted by Gasteiger charge is -2.21. The summed E-state index contributed by atoms with van der Waals surface area (Å²) in [6.07, 6.45) is 0.184. The van der Waals surface area contributed by atoms with Gasteiger partial charge in [0.05, 0.1) is 6.10 Å². The molecule has 0 aliphatic rings. The molecule has 2 aromatic rings. The molecule has 2 aromatic carbocycles. The lowest BCUT2D eigenvalue weighted by atomic mass is 9.98. The summed E-state index contributed by atoms with van der Waals surface area (Å²) in [4.78, 5) is 0. The largest absolute Gasteiger partial charge is 0.380 e. The highest BCUT2D eigenvalue weighted by Gasteiger charge is 2.13. The predicted molar refractivity (Wildman–Crippen MR) is 80.2 cm³/mol. The quantitative estimate of drug-likeness (QED) is 0.836. The zero-order chi connectivity index (χ0) is 13.7. The van der Waals surface area contributed by atoms with Crippen molar-refractivity contribution in [1.82, 2.24) is 5.32 Å². The molecule has 3 N–H and O–H groups in total. The third-order valence-corrected chi connectivity index (χ3v) is 3.49. The van der Waals surface area contributed by atoms with Gasteiger partial charge in [0.2, 0.25) is 0 Å². The molecule has 19 heavy (non-hydrogen) atoms. The highest BCUT2D eigenvalue weighted by molar-refractivity contribution is 5.86. The van der Waals surface area contributed by atoms with Crippen LogP contribution in [-0.2, 0) is 4.74 Å². The van der Waals surface area contributed by atoms with Gasteiger partial charge in [0.25, 0.3) is 0 Å². The van der Waals surface area contributed by atoms with Crippen LogP contribution >= 0.6 is 0 Å². The third-order valence-electron chi connectivity index (χ3n) is 3.49. The molecule has 0 amide bonds. The van der Waals surface area contributed by atoms with Crippen LogP contribution in [0, 0.1) is 0 Å². The van der Waals surface area contributed by atoms with E-state index in [1.165, 1.54) is 16.3 Å². The van der Waals surface area contributed by atoms with Crippen molar-refractivity contribution in [2.24, 2.45) is 5.73 Å². The van der Waals surface area contributed by atoms with E-state index >= 15 is 0 Å². The molecular formula is C16H22N2O. The first-order chi connectivity index (χ1) is 9.26. The molecule has 2 unspecified atom stereocenters. The number of nitrogens with one attached hydrogen (secondary N) is 1. The molecule has 0 aliphatic carbocycles. The number of hydrogen-bond acceptors (Lipinski definition) is 3. The Morgan fingerprint density at radius 1 is 1.16 bits per heavy atom. The Morgan fingerprint density at radius 3 is 2.63 bits per heavy atom. The summed E-state index contributed by atoms with van der Waals surface area (Å²) in [5.74, 6) is 0. The van der Waals surface area contributed by atoms with Crippen molar-refractivity contribution in [3.63, 3.8) is 0 Å². The Labute approximate surface area is 114 Å². The molecule has 0 aromatic heterocycles. The van der Waals surface area contributed by atoms with Crippen LogP contribution < -0.4 is 11.1 Å². The maximum absolute atomic E-state index is 5.92. The molecule has 0 radical (unpaired) electrons. The number of hydrogen-bond donors (Lipinski definition) is 2. The fourth-order valence-corrected chi connectivity index (χ4v) is 2.27. The highest BCUT2D eigenvalue weighted by Crippen LogP contribution is 2.23. The van der Waals surface area contributed by atoms with Gasteiger partial charge in [-0.05, 0) is 23.3 Å². The van der Waals surface area contributed by atoms with Crippen molar-refractivity contribution in [2.75, 3.05) is 20.2 Å². The molecule has 102 valence electrons. The summed E-state index contributed by atoms with van der Waals surface area (Å²) < 4.78 is 5.27. The van der Waals surface area contributed by atoms with Gasteiger partial charge in [0.1, 0.15) is 0 Å². The smallest absolute Gasteiger partial charge is 0.0667 e. The van der Waals surface area contributed by atoms with Gasteiger partial charge in [-0.3, -0.25) is 0 Å². The zero-order valence-corrected chi connectivity index (χ0v) is 11.6. The monoisotopic (exact) mass is 258 g/mol. The molecule has 3 nitrogen and oxygen atoms in total. The van der Waals surface area contributed by atoms with Gasteiger partial charge < -0.3 is 15.8 Å². The maximum Gasteiger partial charge on any atom is 0.0667 e. The molecule has 0 aliphatic heterocycles. The van der Waals surface area contributed by atoms with E-state index in [4.69, 9.17) is 10.5 Å². The second kappa shape index (κ2) is 6.66. The van der Waals surface area contributed by atoms with Crippen LogP contribution in [-0.4, -0.2) is 26.3 Å². The maximum atomic E-state index is 5.92. The minimum atomic E-state index is 0.156. The van der Waals surface area contributed by atoms with E-state index in [2.05, 4.69) is 47.8 Å². The summed E-state index contributed by atoms with van der Waals surface area (Å²) in [6.45, 7) is 3.41. The standard InChI is InChI=1S/C16H22N2O/c1-12(19-2)11-18-16(10-17)15-9-5-7-13-6-3-4-8-14(13)15/h3-9,12,16,18H,10-11,17H2,1-2H3. The molecule has 0 spiro atoms. The summed E-state index contributed by atoms with van der Waals surface area (Å²) in [6, 6.07) is 14.9. The van der Waals surface area contributed by atoms with Crippen molar-refractivity contribution in [3.8, 4) is 0 Å². The van der Waals surface area contributed by atoms with Crippen molar-refractivity contribution in [3.05, 3.63) is 48.0 Å². The average Bonchev–Trinajstić information content (AvgIpc) is 2.47. The minimum Gasteiger partial charge on any atom is -0.380 e. The summed E-state index contributed by atoms with van der Waals surface area (Å²) in [5, 5.41) is 5.99. The van der Waals surface area contributed by atoms with E-state index in [1.807, 2.05) is 6.92 Å². The number of nitrogens with two attached hydrogens (primary N) is 1. The highest BCUT2D eigenvalue weighted by atomic mass is 16.5. The molecule has 0 heterocycles. The van der Waals surface area contributed by atoms with Crippen LogP contribution in [0.5, 0.6) is 0 Å². The van der Waals surface area contributed by atoms with E-state index in [0.29, 0.717) is 6.54 Å². The number of fused-ring (bicyclic) bond motifs is 1. The van der Waals surface area contributed by atoms with Gasteiger partial charge in [-0.1, -0.05) is 42.5 Å². The van der Waals surface area contributed by atoms with Gasteiger partial charge >= 0.3 is 0 Å². The van der Waals surface area contributed by atoms with Crippen LogP contribution in [0.2, 0.25) is 0 Å². The van der Waals surface area contributed by atoms with E-state index < -0.39 is 0 Å². The average molecular weight is 258 g/mol. The van der Waals surface area contributed by atoms with E-state index in [9.17, 15) is 0 Å². The van der Waals surface area contributed by atoms with Crippen LogP contribution in [0.3, 0.4) is 0 Å². The van der Waals surface area contributed by atoms with Crippen LogP contribution in [0.4, 0.5) is 0 Å². The number of rotatable bonds is 6. The first-order valence-corrected chi connectivity index (χ1v) is 6.70. The summed E-state index contributed by atoms with van der Waals surface area (Å²) in [7, 11) is 1.72.